The number of rotatable bonds is 8. The van der Waals surface area contributed by atoms with Gasteiger partial charge in [-0.05, 0) is 32.2 Å². The monoisotopic (exact) mass is 310 g/mol. The van der Waals surface area contributed by atoms with Crippen molar-refractivity contribution in [3.05, 3.63) is 11.4 Å². The van der Waals surface area contributed by atoms with Crippen molar-refractivity contribution in [1.29, 1.82) is 0 Å². The van der Waals surface area contributed by atoms with Crippen LogP contribution in [0.3, 0.4) is 0 Å². The molecular formula is C14H22N4O2S. The van der Waals surface area contributed by atoms with Crippen LogP contribution in [-0.2, 0) is 16.6 Å². The molecule has 0 unspecified atom stereocenters. The molecule has 1 saturated carbocycles. The molecule has 0 aliphatic heterocycles. The topological polar surface area (TPSA) is 78.1 Å². The SMILES string of the molecule is C#CCN(CC1CC1)S(=O)(=O)c1c(CNCC)n[nH]c1C. The first-order valence-corrected chi connectivity index (χ1v) is 8.62. The largest absolute Gasteiger partial charge is 0.311 e. The smallest absolute Gasteiger partial charge is 0.247 e. The van der Waals surface area contributed by atoms with E-state index in [1.807, 2.05) is 6.92 Å². The standard InChI is InChI=1S/C14H22N4O2S/c1-4-8-18(10-12-6-7-12)21(19,20)14-11(3)16-17-13(14)9-15-5-2/h1,12,15H,5-10H2,2-3H3,(H,16,17). The van der Waals surface area contributed by atoms with Crippen molar-refractivity contribution < 1.29 is 8.42 Å². The maximum absolute atomic E-state index is 12.9. The summed E-state index contributed by atoms with van der Waals surface area (Å²) in [4.78, 5) is 0.263. The van der Waals surface area contributed by atoms with Crippen LogP contribution in [0.15, 0.2) is 4.90 Å². The summed E-state index contributed by atoms with van der Waals surface area (Å²) in [5.41, 5.74) is 1.08. The molecule has 7 heteroatoms. The Hall–Kier alpha value is -1.36. The van der Waals surface area contributed by atoms with Gasteiger partial charge in [-0.25, -0.2) is 8.42 Å². The van der Waals surface area contributed by atoms with Crippen molar-refractivity contribution in [2.24, 2.45) is 5.92 Å². The Kier molecular flexibility index (Phi) is 5.04. The van der Waals surface area contributed by atoms with Crippen LogP contribution in [-0.4, -0.2) is 42.6 Å². The Morgan fingerprint density at radius 2 is 2.24 bits per heavy atom. The van der Waals surface area contributed by atoms with Crippen molar-refractivity contribution in [2.45, 2.75) is 38.1 Å². The van der Waals surface area contributed by atoms with Crippen molar-refractivity contribution >= 4 is 10.0 Å². The van der Waals surface area contributed by atoms with E-state index in [9.17, 15) is 8.42 Å². The van der Waals surface area contributed by atoms with Gasteiger partial charge >= 0.3 is 0 Å². The zero-order valence-corrected chi connectivity index (χ0v) is 13.3. The van der Waals surface area contributed by atoms with Gasteiger partial charge in [0.05, 0.1) is 17.9 Å². The lowest BCUT2D eigenvalue weighted by atomic mass is 10.3. The fourth-order valence-electron chi connectivity index (χ4n) is 2.24. The first-order chi connectivity index (χ1) is 10.0. The Labute approximate surface area is 126 Å². The summed E-state index contributed by atoms with van der Waals surface area (Å²) in [5.74, 6) is 2.89. The summed E-state index contributed by atoms with van der Waals surface area (Å²) >= 11 is 0. The minimum Gasteiger partial charge on any atom is -0.311 e. The summed E-state index contributed by atoms with van der Waals surface area (Å²) in [7, 11) is -3.61. The maximum atomic E-state index is 12.9. The summed E-state index contributed by atoms with van der Waals surface area (Å²) in [5, 5.41) is 9.99. The van der Waals surface area contributed by atoms with Gasteiger partial charge in [-0.2, -0.15) is 9.40 Å². The van der Waals surface area contributed by atoms with Crippen molar-refractivity contribution in [2.75, 3.05) is 19.6 Å². The van der Waals surface area contributed by atoms with E-state index in [0.717, 1.165) is 19.4 Å². The van der Waals surface area contributed by atoms with Crippen LogP contribution >= 0.6 is 0 Å². The molecule has 0 saturated heterocycles. The van der Waals surface area contributed by atoms with Gasteiger partial charge < -0.3 is 5.32 Å². The fraction of sp³-hybridized carbons (Fsp3) is 0.643. The lowest BCUT2D eigenvalue weighted by Gasteiger charge is -2.20. The molecule has 0 bridgehead atoms. The highest BCUT2D eigenvalue weighted by Gasteiger charge is 2.34. The molecular weight excluding hydrogens is 288 g/mol. The second kappa shape index (κ2) is 6.60. The van der Waals surface area contributed by atoms with Gasteiger partial charge in [-0.15, -0.1) is 6.42 Å². The molecule has 1 aliphatic carbocycles. The molecule has 1 heterocycles. The first-order valence-electron chi connectivity index (χ1n) is 7.18. The van der Waals surface area contributed by atoms with Crippen molar-refractivity contribution in [3.8, 4) is 12.3 Å². The third-order valence-corrected chi connectivity index (χ3v) is 5.54. The van der Waals surface area contributed by atoms with Crippen LogP contribution < -0.4 is 5.32 Å². The second-order valence-electron chi connectivity index (χ2n) is 5.35. The van der Waals surface area contributed by atoms with E-state index in [1.54, 1.807) is 6.92 Å². The molecule has 0 amide bonds. The van der Waals surface area contributed by atoms with Crippen LogP contribution in [0.4, 0.5) is 0 Å². The van der Waals surface area contributed by atoms with Crippen LogP contribution in [0.2, 0.25) is 0 Å². The quantitative estimate of drug-likeness (QED) is 0.698. The maximum Gasteiger partial charge on any atom is 0.247 e. The Bertz CT molecular complexity index is 626. The highest BCUT2D eigenvalue weighted by atomic mass is 32.2. The Morgan fingerprint density at radius 1 is 1.52 bits per heavy atom. The van der Waals surface area contributed by atoms with E-state index in [1.165, 1.54) is 4.31 Å². The number of aromatic amines is 1. The van der Waals surface area contributed by atoms with E-state index < -0.39 is 10.0 Å². The van der Waals surface area contributed by atoms with Gasteiger partial charge in [0, 0.05) is 13.1 Å². The van der Waals surface area contributed by atoms with Crippen LogP contribution in [0, 0.1) is 25.2 Å². The van der Waals surface area contributed by atoms with E-state index in [2.05, 4.69) is 21.4 Å². The minimum atomic E-state index is -3.61. The zero-order chi connectivity index (χ0) is 15.5. The molecule has 1 fully saturated rings. The minimum absolute atomic E-state index is 0.101. The first kappa shape index (κ1) is 16.0. The van der Waals surface area contributed by atoms with Gasteiger partial charge in [0.1, 0.15) is 4.90 Å². The molecule has 21 heavy (non-hydrogen) atoms. The van der Waals surface area contributed by atoms with E-state index in [-0.39, 0.29) is 11.4 Å². The van der Waals surface area contributed by atoms with Crippen LogP contribution in [0.25, 0.3) is 0 Å². The molecule has 1 aromatic rings. The number of H-pyrrole nitrogens is 1. The lowest BCUT2D eigenvalue weighted by Crippen LogP contribution is -2.34. The molecule has 1 aliphatic rings. The van der Waals surface area contributed by atoms with E-state index in [0.29, 0.717) is 30.4 Å². The average Bonchev–Trinajstić information content (AvgIpc) is 3.17. The molecule has 2 rings (SSSR count). The van der Waals surface area contributed by atoms with Gasteiger partial charge in [-0.1, -0.05) is 12.8 Å². The second-order valence-corrected chi connectivity index (χ2v) is 7.22. The predicted molar refractivity (Wildman–Crippen MR) is 81.0 cm³/mol. The molecule has 0 radical (unpaired) electrons. The molecule has 1 aromatic heterocycles. The molecule has 0 aromatic carbocycles. The van der Waals surface area contributed by atoms with Gasteiger partial charge in [0.25, 0.3) is 0 Å². The number of aromatic nitrogens is 2. The highest BCUT2D eigenvalue weighted by Crippen LogP contribution is 2.32. The van der Waals surface area contributed by atoms with Crippen LogP contribution in [0.5, 0.6) is 0 Å². The third kappa shape index (κ3) is 3.64. The van der Waals surface area contributed by atoms with Gasteiger partial charge in [0.2, 0.25) is 10.0 Å². The van der Waals surface area contributed by atoms with Gasteiger partial charge in [0.15, 0.2) is 0 Å². The average molecular weight is 310 g/mol. The molecule has 116 valence electrons. The number of hydrogen-bond acceptors (Lipinski definition) is 4. The summed E-state index contributed by atoms with van der Waals surface area (Å²) < 4.78 is 27.2. The van der Waals surface area contributed by atoms with Crippen molar-refractivity contribution in [3.63, 3.8) is 0 Å². The predicted octanol–water partition coefficient (Wildman–Crippen LogP) is 0.862. The fourth-order valence-corrected chi connectivity index (χ4v) is 4.00. The normalized spacial score (nSPS) is 15.3. The number of nitrogens with one attached hydrogen (secondary N) is 2. The number of hydrogen-bond donors (Lipinski definition) is 2. The summed E-state index contributed by atoms with van der Waals surface area (Å²) in [6.07, 6.45) is 7.49. The third-order valence-electron chi connectivity index (χ3n) is 3.53. The van der Waals surface area contributed by atoms with E-state index in [4.69, 9.17) is 6.42 Å². The van der Waals surface area contributed by atoms with Crippen molar-refractivity contribution in [1.82, 2.24) is 19.8 Å². The Balaban J connectivity index is 2.32. The highest BCUT2D eigenvalue weighted by molar-refractivity contribution is 7.89. The molecule has 0 atom stereocenters. The number of nitrogens with zero attached hydrogens (tertiary/aromatic N) is 2. The number of aryl methyl sites for hydroxylation is 1. The number of sulfonamides is 1. The summed E-state index contributed by atoms with van der Waals surface area (Å²) in [6.45, 7) is 5.46. The van der Waals surface area contributed by atoms with Crippen LogP contribution in [0.1, 0.15) is 31.2 Å². The number of terminal acetylenes is 1. The zero-order valence-electron chi connectivity index (χ0n) is 12.5. The molecule has 2 N–H and O–H groups in total. The Morgan fingerprint density at radius 3 is 2.81 bits per heavy atom. The molecule has 6 nitrogen and oxygen atoms in total. The summed E-state index contributed by atoms with van der Waals surface area (Å²) in [6, 6.07) is 0. The molecule has 0 spiro atoms. The lowest BCUT2D eigenvalue weighted by molar-refractivity contribution is 0.429. The van der Waals surface area contributed by atoms with Gasteiger partial charge in [-0.3, -0.25) is 5.10 Å². The van der Waals surface area contributed by atoms with E-state index >= 15 is 0 Å².